The van der Waals surface area contributed by atoms with Gasteiger partial charge in [-0.15, -0.1) is 0 Å². The van der Waals surface area contributed by atoms with E-state index in [1.165, 1.54) is 0 Å². The molecule has 0 saturated carbocycles. The van der Waals surface area contributed by atoms with Gasteiger partial charge in [-0.25, -0.2) is 0 Å². The normalized spacial score (nSPS) is 32.9. The predicted molar refractivity (Wildman–Crippen MR) is 69.0 cm³/mol. The maximum absolute atomic E-state index is 12.4. The minimum Gasteiger partial charge on any atom is -0.350 e. The molecule has 2 aliphatic rings. The van der Waals surface area contributed by atoms with Crippen LogP contribution in [0.3, 0.4) is 0 Å². The Morgan fingerprint density at radius 3 is 2.72 bits per heavy atom. The number of amides is 2. The fourth-order valence-corrected chi connectivity index (χ4v) is 2.91. The predicted octanol–water partition coefficient (Wildman–Crippen LogP) is 0.252. The van der Waals surface area contributed by atoms with Crippen molar-refractivity contribution in [2.75, 3.05) is 6.54 Å². The molecule has 0 aromatic rings. The SMILES string of the molecule is C[C@H]1NC(=O)[C@@H]2CCCN2[C@@H]1C(=O)NC(C)(C)C. The number of nitrogens with zero attached hydrogens (tertiary/aromatic N) is 1. The molecule has 2 amide bonds. The van der Waals surface area contributed by atoms with Gasteiger partial charge in [-0.1, -0.05) is 0 Å². The molecule has 18 heavy (non-hydrogen) atoms. The van der Waals surface area contributed by atoms with E-state index in [-0.39, 0.29) is 35.5 Å². The van der Waals surface area contributed by atoms with Crippen LogP contribution >= 0.6 is 0 Å². The molecular formula is C13H23N3O2. The maximum atomic E-state index is 12.4. The number of rotatable bonds is 1. The van der Waals surface area contributed by atoms with E-state index < -0.39 is 0 Å². The molecule has 3 atom stereocenters. The number of carbonyl (C=O) groups is 2. The Morgan fingerprint density at radius 1 is 1.44 bits per heavy atom. The van der Waals surface area contributed by atoms with Crippen molar-refractivity contribution in [1.29, 1.82) is 0 Å². The topological polar surface area (TPSA) is 61.4 Å². The summed E-state index contributed by atoms with van der Waals surface area (Å²) in [6.45, 7) is 8.65. The molecule has 2 saturated heterocycles. The molecule has 0 aromatic carbocycles. The molecule has 0 aliphatic carbocycles. The number of piperazine rings is 1. The van der Waals surface area contributed by atoms with Crippen LogP contribution in [0.4, 0.5) is 0 Å². The molecule has 2 rings (SSSR count). The van der Waals surface area contributed by atoms with Crippen molar-refractivity contribution in [2.45, 2.75) is 64.2 Å². The van der Waals surface area contributed by atoms with Gasteiger partial charge in [-0.05, 0) is 47.1 Å². The minimum absolute atomic E-state index is 0.0156. The lowest BCUT2D eigenvalue weighted by Gasteiger charge is -2.41. The van der Waals surface area contributed by atoms with Gasteiger partial charge in [0.1, 0.15) is 6.04 Å². The standard InChI is InChI=1S/C13H23N3O2/c1-8-10(12(18)15-13(2,3)4)16-7-5-6-9(16)11(17)14-8/h8-10H,5-7H2,1-4H3,(H,14,17)(H,15,18)/t8-,9+,10+/m1/s1. The largest absolute Gasteiger partial charge is 0.350 e. The lowest BCUT2D eigenvalue weighted by molar-refractivity contribution is -0.138. The van der Waals surface area contributed by atoms with Crippen molar-refractivity contribution in [1.82, 2.24) is 15.5 Å². The van der Waals surface area contributed by atoms with E-state index in [1.54, 1.807) is 0 Å². The second-order valence-electron chi connectivity index (χ2n) is 6.38. The summed E-state index contributed by atoms with van der Waals surface area (Å²) < 4.78 is 0. The number of hydrogen-bond acceptors (Lipinski definition) is 3. The van der Waals surface area contributed by atoms with E-state index in [2.05, 4.69) is 15.5 Å². The Balaban J connectivity index is 2.15. The molecule has 0 aromatic heterocycles. The van der Waals surface area contributed by atoms with Crippen molar-refractivity contribution in [3.8, 4) is 0 Å². The highest BCUT2D eigenvalue weighted by molar-refractivity contribution is 5.89. The van der Waals surface area contributed by atoms with E-state index >= 15 is 0 Å². The lowest BCUT2D eigenvalue weighted by Crippen LogP contribution is -2.67. The summed E-state index contributed by atoms with van der Waals surface area (Å²) >= 11 is 0. The Morgan fingerprint density at radius 2 is 2.11 bits per heavy atom. The van der Waals surface area contributed by atoms with Crippen molar-refractivity contribution in [2.24, 2.45) is 0 Å². The van der Waals surface area contributed by atoms with Gasteiger partial charge in [0.25, 0.3) is 0 Å². The van der Waals surface area contributed by atoms with Crippen LogP contribution in [0.1, 0.15) is 40.5 Å². The zero-order valence-electron chi connectivity index (χ0n) is 11.6. The molecule has 0 spiro atoms. The molecule has 5 nitrogen and oxygen atoms in total. The fourth-order valence-electron chi connectivity index (χ4n) is 2.91. The molecule has 0 bridgehead atoms. The number of nitrogens with one attached hydrogen (secondary N) is 2. The van der Waals surface area contributed by atoms with Crippen molar-refractivity contribution in [3.63, 3.8) is 0 Å². The fraction of sp³-hybridized carbons (Fsp3) is 0.846. The average Bonchev–Trinajstić information content (AvgIpc) is 2.63. The highest BCUT2D eigenvalue weighted by Gasteiger charge is 2.46. The third-order valence-corrected chi connectivity index (χ3v) is 3.56. The van der Waals surface area contributed by atoms with Crippen LogP contribution in [0.2, 0.25) is 0 Å². The van der Waals surface area contributed by atoms with Crippen molar-refractivity contribution in [3.05, 3.63) is 0 Å². The quantitative estimate of drug-likeness (QED) is 0.704. The second-order valence-corrected chi connectivity index (χ2v) is 6.38. The summed E-state index contributed by atoms with van der Waals surface area (Å²) in [6, 6.07) is -0.486. The van der Waals surface area contributed by atoms with Crippen LogP contribution in [-0.4, -0.2) is 46.9 Å². The van der Waals surface area contributed by atoms with E-state index in [4.69, 9.17) is 0 Å². The minimum atomic E-state index is -0.243. The molecule has 2 fully saturated rings. The van der Waals surface area contributed by atoms with Crippen LogP contribution in [0.5, 0.6) is 0 Å². The van der Waals surface area contributed by atoms with E-state index in [0.29, 0.717) is 0 Å². The third kappa shape index (κ3) is 2.51. The zero-order chi connectivity index (χ0) is 13.5. The Hall–Kier alpha value is -1.10. The summed E-state index contributed by atoms with van der Waals surface area (Å²) in [5, 5.41) is 5.94. The smallest absolute Gasteiger partial charge is 0.239 e. The van der Waals surface area contributed by atoms with Crippen LogP contribution in [0.15, 0.2) is 0 Å². The van der Waals surface area contributed by atoms with Gasteiger partial charge in [-0.2, -0.15) is 0 Å². The van der Waals surface area contributed by atoms with Gasteiger partial charge in [0.15, 0.2) is 0 Å². The summed E-state index contributed by atoms with van der Waals surface area (Å²) in [5.74, 6) is 0.0849. The molecule has 2 N–H and O–H groups in total. The van der Waals surface area contributed by atoms with E-state index in [9.17, 15) is 9.59 Å². The summed E-state index contributed by atoms with van der Waals surface area (Å²) in [6.07, 6.45) is 1.85. The molecule has 0 unspecified atom stereocenters. The Bertz CT molecular complexity index is 362. The first-order valence-electron chi connectivity index (χ1n) is 6.68. The summed E-state index contributed by atoms with van der Waals surface area (Å²) in [7, 11) is 0. The van der Waals surface area contributed by atoms with Crippen molar-refractivity contribution >= 4 is 11.8 Å². The van der Waals surface area contributed by atoms with Crippen LogP contribution in [0, 0.1) is 0 Å². The van der Waals surface area contributed by atoms with Gasteiger partial charge in [-0.3, -0.25) is 14.5 Å². The highest BCUT2D eigenvalue weighted by Crippen LogP contribution is 2.26. The van der Waals surface area contributed by atoms with Gasteiger partial charge < -0.3 is 10.6 Å². The number of carbonyl (C=O) groups excluding carboxylic acids is 2. The first kappa shape index (κ1) is 13.3. The summed E-state index contributed by atoms with van der Waals surface area (Å²) in [4.78, 5) is 26.3. The Kier molecular flexibility index (Phi) is 3.36. The molecule has 2 heterocycles. The van der Waals surface area contributed by atoms with Gasteiger partial charge in [0.05, 0.1) is 12.1 Å². The van der Waals surface area contributed by atoms with E-state index in [0.717, 1.165) is 19.4 Å². The third-order valence-electron chi connectivity index (χ3n) is 3.56. The highest BCUT2D eigenvalue weighted by atomic mass is 16.2. The van der Waals surface area contributed by atoms with Gasteiger partial charge >= 0.3 is 0 Å². The Labute approximate surface area is 108 Å². The van der Waals surface area contributed by atoms with Crippen molar-refractivity contribution < 1.29 is 9.59 Å². The van der Waals surface area contributed by atoms with Crippen LogP contribution < -0.4 is 10.6 Å². The molecule has 5 heteroatoms. The monoisotopic (exact) mass is 253 g/mol. The molecule has 102 valence electrons. The van der Waals surface area contributed by atoms with Gasteiger partial charge in [0, 0.05) is 5.54 Å². The van der Waals surface area contributed by atoms with Gasteiger partial charge in [0.2, 0.25) is 11.8 Å². The zero-order valence-corrected chi connectivity index (χ0v) is 11.6. The van der Waals surface area contributed by atoms with Crippen LogP contribution in [-0.2, 0) is 9.59 Å². The first-order chi connectivity index (χ1) is 8.29. The maximum Gasteiger partial charge on any atom is 0.239 e. The number of hydrogen-bond donors (Lipinski definition) is 2. The average molecular weight is 253 g/mol. The summed E-state index contributed by atoms with van der Waals surface area (Å²) in [5.41, 5.74) is -0.243. The second kappa shape index (κ2) is 4.53. The molecular weight excluding hydrogens is 230 g/mol. The first-order valence-corrected chi connectivity index (χ1v) is 6.68. The van der Waals surface area contributed by atoms with Crippen LogP contribution in [0.25, 0.3) is 0 Å². The lowest BCUT2D eigenvalue weighted by atomic mass is 9.99. The van der Waals surface area contributed by atoms with E-state index in [1.807, 2.05) is 27.7 Å². The number of fused-ring (bicyclic) bond motifs is 1. The molecule has 2 aliphatic heterocycles. The molecule has 0 radical (unpaired) electrons.